The lowest BCUT2D eigenvalue weighted by Crippen LogP contribution is -2.45. The first-order valence-corrected chi connectivity index (χ1v) is 6.03. The quantitative estimate of drug-likeness (QED) is 0.810. The molecule has 0 aliphatic carbocycles. The molecule has 1 aromatic heterocycles. The van der Waals surface area contributed by atoms with Gasteiger partial charge in [-0.25, -0.2) is 4.79 Å². The van der Waals surface area contributed by atoms with Crippen LogP contribution >= 0.6 is 0 Å². The minimum absolute atomic E-state index is 0.133. The van der Waals surface area contributed by atoms with E-state index < -0.39 is 17.9 Å². The minimum Gasteiger partial charge on any atom is -0.497 e. The molecule has 0 bridgehead atoms. The first-order chi connectivity index (χ1) is 8.99. The average molecular weight is 266 g/mol. The van der Waals surface area contributed by atoms with Crippen molar-refractivity contribution in [1.82, 2.24) is 10.3 Å². The van der Waals surface area contributed by atoms with Gasteiger partial charge in [0.15, 0.2) is 0 Å². The molecule has 104 valence electrons. The fourth-order valence-corrected chi connectivity index (χ4v) is 1.56. The topological polar surface area (TPSA) is 88.5 Å². The molecule has 2 atom stereocenters. The number of aromatic nitrogens is 1. The molecule has 0 aliphatic heterocycles. The van der Waals surface area contributed by atoms with E-state index in [1.807, 2.05) is 6.92 Å². The predicted octanol–water partition coefficient (Wildman–Crippen LogP) is 1.32. The Balaban J connectivity index is 2.84. The van der Waals surface area contributed by atoms with E-state index in [1.165, 1.54) is 19.4 Å². The molecule has 19 heavy (non-hydrogen) atoms. The van der Waals surface area contributed by atoms with Gasteiger partial charge in [-0.3, -0.25) is 9.78 Å². The number of pyridine rings is 1. The number of methoxy groups -OCH3 is 1. The van der Waals surface area contributed by atoms with Crippen LogP contribution in [0.1, 0.15) is 30.8 Å². The zero-order valence-corrected chi connectivity index (χ0v) is 11.2. The normalized spacial score (nSPS) is 13.4. The number of nitrogens with zero attached hydrogens (tertiary/aromatic N) is 1. The SMILES string of the molecule is CC[C@H](C)[C@H](NC(=O)c1cc(OC)ccn1)C(=O)O. The van der Waals surface area contributed by atoms with Gasteiger partial charge >= 0.3 is 5.97 Å². The van der Waals surface area contributed by atoms with Crippen molar-refractivity contribution in [3.05, 3.63) is 24.0 Å². The van der Waals surface area contributed by atoms with Crippen LogP contribution < -0.4 is 10.1 Å². The molecule has 1 rings (SSSR count). The summed E-state index contributed by atoms with van der Waals surface area (Å²) in [6, 6.07) is 2.15. The lowest BCUT2D eigenvalue weighted by molar-refractivity contribution is -0.140. The fourth-order valence-electron chi connectivity index (χ4n) is 1.56. The molecule has 0 aliphatic rings. The zero-order valence-electron chi connectivity index (χ0n) is 11.2. The Morgan fingerprint density at radius 2 is 2.21 bits per heavy atom. The van der Waals surface area contributed by atoms with Gasteiger partial charge in [-0.1, -0.05) is 20.3 Å². The van der Waals surface area contributed by atoms with E-state index in [-0.39, 0.29) is 11.6 Å². The number of amides is 1. The lowest BCUT2D eigenvalue weighted by atomic mass is 9.99. The molecule has 0 saturated heterocycles. The summed E-state index contributed by atoms with van der Waals surface area (Å²) in [7, 11) is 1.48. The maximum Gasteiger partial charge on any atom is 0.326 e. The van der Waals surface area contributed by atoms with Crippen molar-refractivity contribution >= 4 is 11.9 Å². The zero-order chi connectivity index (χ0) is 14.4. The number of carboxylic acid groups (broad SMARTS) is 1. The molecule has 2 N–H and O–H groups in total. The van der Waals surface area contributed by atoms with Crippen molar-refractivity contribution in [1.29, 1.82) is 0 Å². The molecule has 1 heterocycles. The maximum atomic E-state index is 12.0. The van der Waals surface area contributed by atoms with Gasteiger partial charge in [0.2, 0.25) is 0 Å². The molecule has 0 saturated carbocycles. The number of nitrogens with one attached hydrogen (secondary N) is 1. The van der Waals surface area contributed by atoms with Crippen molar-refractivity contribution in [2.75, 3.05) is 7.11 Å². The van der Waals surface area contributed by atoms with Crippen molar-refractivity contribution in [3.63, 3.8) is 0 Å². The molecule has 1 amide bonds. The first kappa shape index (κ1) is 14.9. The smallest absolute Gasteiger partial charge is 0.326 e. The second kappa shape index (κ2) is 6.72. The van der Waals surface area contributed by atoms with Crippen LogP contribution in [-0.4, -0.2) is 35.1 Å². The Morgan fingerprint density at radius 1 is 1.53 bits per heavy atom. The standard InChI is InChI=1S/C13H18N2O4/c1-4-8(2)11(13(17)18)15-12(16)10-7-9(19-3)5-6-14-10/h5-8,11H,4H2,1-3H3,(H,15,16)(H,17,18)/t8-,11-/m0/s1. The summed E-state index contributed by atoms with van der Waals surface area (Å²) in [5.41, 5.74) is 0.133. The van der Waals surface area contributed by atoms with Gasteiger partial charge in [0.1, 0.15) is 17.5 Å². The number of ether oxygens (including phenoxy) is 1. The highest BCUT2D eigenvalue weighted by Gasteiger charge is 2.26. The lowest BCUT2D eigenvalue weighted by Gasteiger charge is -2.19. The van der Waals surface area contributed by atoms with Gasteiger partial charge in [0.05, 0.1) is 7.11 Å². The molecule has 0 radical (unpaired) electrons. The third-order valence-electron chi connectivity index (χ3n) is 2.97. The number of aliphatic carboxylic acids is 1. The number of rotatable bonds is 6. The van der Waals surface area contributed by atoms with E-state index in [1.54, 1.807) is 13.0 Å². The first-order valence-electron chi connectivity index (χ1n) is 6.03. The molecular formula is C13H18N2O4. The van der Waals surface area contributed by atoms with Crippen LogP contribution in [0, 0.1) is 5.92 Å². The average Bonchev–Trinajstić information content (AvgIpc) is 2.43. The van der Waals surface area contributed by atoms with Crippen molar-refractivity contribution in [3.8, 4) is 5.75 Å². The van der Waals surface area contributed by atoms with Gasteiger partial charge in [-0.15, -0.1) is 0 Å². The van der Waals surface area contributed by atoms with Crippen LogP contribution in [0.25, 0.3) is 0 Å². The van der Waals surface area contributed by atoms with E-state index >= 15 is 0 Å². The van der Waals surface area contributed by atoms with Crippen LogP contribution in [0.3, 0.4) is 0 Å². The van der Waals surface area contributed by atoms with Crippen LogP contribution in [0.15, 0.2) is 18.3 Å². The van der Waals surface area contributed by atoms with Gasteiger partial charge < -0.3 is 15.2 Å². The van der Waals surface area contributed by atoms with Gasteiger partial charge in [0.25, 0.3) is 5.91 Å². The summed E-state index contributed by atoms with van der Waals surface area (Å²) in [6.45, 7) is 3.65. The highest BCUT2D eigenvalue weighted by molar-refractivity contribution is 5.95. The highest BCUT2D eigenvalue weighted by Crippen LogP contribution is 2.12. The van der Waals surface area contributed by atoms with E-state index in [2.05, 4.69) is 10.3 Å². The van der Waals surface area contributed by atoms with Gasteiger partial charge in [-0.05, 0) is 12.0 Å². The molecule has 0 unspecified atom stereocenters. The number of carbonyl (C=O) groups is 2. The second-order valence-corrected chi connectivity index (χ2v) is 4.26. The maximum absolute atomic E-state index is 12.0. The van der Waals surface area contributed by atoms with Gasteiger partial charge in [0, 0.05) is 12.3 Å². The molecular weight excluding hydrogens is 248 g/mol. The van der Waals surface area contributed by atoms with Crippen molar-refractivity contribution in [2.45, 2.75) is 26.3 Å². The highest BCUT2D eigenvalue weighted by atomic mass is 16.5. The Bertz CT molecular complexity index is 462. The molecule has 6 heteroatoms. The van der Waals surface area contributed by atoms with Crippen LogP contribution in [0.5, 0.6) is 5.75 Å². The van der Waals surface area contributed by atoms with E-state index in [0.717, 1.165) is 0 Å². The van der Waals surface area contributed by atoms with Crippen molar-refractivity contribution < 1.29 is 19.4 Å². The molecule has 0 spiro atoms. The number of carboxylic acids is 1. The summed E-state index contributed by atoms with van der Waals surface area (Å²) in [4.78, 5) is 27.0. The Hall–Kier alpha value is -2.11. The second-order valence-electron chi connectivity index (χ2n) is 4.26. The van der Waals surface area contributed by atoms with Gasteiger partial charge in [-0.2, -0.15) is 0 Å². The van der Waals surface area contributed by atoms with E-state index in [0.29, 0.717) is 12.2 Å². The fraction of sp³-hybridized carbons (Fsp3) is 0.462. The third-order valence-corrected chi connectivity index (χ3v) is 2.97. The Kier molecular flexibility index (Phi) is 5.29. The number of hydrogen-bond acceptors (Lipinski definition) is 4. The summed E-state index contributed by atoms with van der Waals surface area (Å²) >= 11 is 0. The third kappa shape index (κ3) is 3.94. The Morgan fingerprint density at radius 3 is 2.74 bits per heavy atom. The number of carbonyl (C=O) groups excluding carboxylic acids is 1. The van der Waals surface area contributed by atoms with Crippen LogP contribution in [-0.2, 0) is 4.79 Å². The molecule has 1 aromatic rings. The Labute approximate surface area is 111 Å². The predicted molar refractivity (Wildman–Crippen MR) is 69.1 cm³/mol. The summed E-state index contributed by atoms with van der Waals surface area (Å²) in [6.07, 6.45) is 2.09. The molecule has 6 nitrogen and oxygen atoms in total. The summed E-state index contributed by atoms with van der Waals surface area (Å²) < 4.78 is 4.99. The summed E-state index contributed by atoms with van der Waals surface area (Å²) in [5, 5.41) is 11.6. The molecule has 0 aromatic carbocycles. The van der Waals surface area contributed by atoms with Crippen molar-refractivity contribution in [2.24, 2.45) is 5.92 Å². The monoisotopic (exact) mass is 266 g/mol. The van der Waals surface area contributed by atoms with E-state index in [4.69, 9.17) is 9.84 Å². The summed E-state index contributed by atoms with van der Waals surface area (Å²) in [5.74, 6) is -1.24. The minimum atomic E-state index is -1.05. The largest absolute Gasteiger partial charge is 0.497 e. The number of hydrogen-bond donors (Lipinski definition) is 2. The van der Waals surface area contributed by atoms with Crippen LogP contribution in [0.4, 0.5) is 0 Å². The molecule has 0 fully saturated rings. The van der Waals surface area contributed by atoms with E-state index in [9.17, 15) is 9.59 Å². The van der Waals surface area contributed by atoms with Crippen LogP contribution in [0.2, 0.25) is 0 Å².